The second-order valence-electron chi connectivity index (χ2n) is 19.1. The highest BCUT2D eigenvalue weighted by Crippen LogP contribution is 2.23. The van der Waals surface area contributed by atoms with Crippen LogP contribution in [0.15, 0.2) is 12.2 Å². The third-order valence-corrected chi connectivity index (χ3v) is 13.1. The average Bonchev–Trinajstić information content (AvgIpc) is 3.27. The van der Waals surface area contributed by atoms with E-state index >= 15 is 0 Å². The van der Waals surface area contributed by atoms with Gasteiger partial charge in [0.15, 0.2) is 0 Å². The Labute approximate surface area is 387 Å². The molecule has 1 N–H and O–H groups in total. The van der Waals surface area contributed by atoms with Crippen molar-refractivity contribution in [3.63, 3.8) is 0 Å². The van der Waals surface area contributed by atoms with Gasteiger partial charge in [-0.3, -0.25) is 9.59 Å². The molecule has 0 aliphatic carbocycles. The summed E-state index contributed by atoms with van der Waals surface area (Å²) in [4.78, 5) is 28.9. The monoisotopic (exact) mass is 876 g/mol. The van der Waals surface area contributed by atoms with E-state index in [4.69, 9.17) is 9.47 Å². The molecule has 0 fully saturated rings. The summed E-state index contributed by atoms with van der Waals surface area (Å²) in [6.45, 7) is 13.6. The fourth-order valence-corrected chi connectivity index (χ4v) is 8.86. The number of rotatable bonds is 51. The number of hydrogen-bond donors (Lipinski definition) is 1. The molecule has 0 aromatic carbocycles. The minimum absolute atomic E-state index is 0.0550. The van der Waals surface area contributed by atoms with Crippen LogP contribution in [0.1, 0.15) is 285 Å². The predicted octanol–water partition coefficient (Wildman–Crippen LogP) is 16.8. The third kappa shape index (κ3) is 42.5. The van der Waals surface area contributed by atoms with Gasteiger partial charge in [0, 0.05) is 6.61 Å². The number of aliphatic hydroxyl groups excluding tert-OH is 1. The Morgan fingerprint density at radius 3 is 1.10 bits per heavy atom. The van der Waals surface area contributed by atoms with E-state index in [-0.39, 0.29) is 30.4 Å². The van der Waals surface area contributed by atoms with Crippen molar-refractivity contribution in [1.82, 2.24) is 4.90 Å². The summed E-state index contributed by atoms with van der Waals surface area (Å²) >= 11 is 0. The molecule has 6 nitrogen and oxygen atoms in total. The molecular weight excluding hydrogens is 767 g/mol. The van der Waals surface area contributed by atoms with Crippen LogP contribution in [-0.2, 0) is 19.1 Å². The molecule has 6 heteroatoms. The van der Waals surface area contributed by atoms with E-state index in [2.05, 4.69) is 44.7 Å². The lowest BCUT2D eigenvalue weighted by atomic mass is 9.94. The molecule has 0 aromatic rings. The van der Waals surface area contributed by atoms with E-state index in [0.29, 0.717) is 13.2 Å². The summed E-state index contributed by atoms with van der Waals surface area (Å²) in [7, 11) is 0. The van der Waals surface area contributed by atoms with E-state index in [1.54, 1.807) is 0 Å². The van der Waals surface area contributed by atoms with Gasteiger partial charge in [-0.15, -0.1) is 0 Å². The molecule has 2 atom stereocenters. The van der Waals surface area contributed by atoms with Gasteiger partial charge in [-0.2, -0.15) is 0 Å². The molecule has 0 bridgehead atoms. The summed E-state index contributed by atoms with van der Waals surface area (Å²) < 4.78 is 11.8. The van der Waals surface area contributed by atoms with Crippen LogP contribution in [-0.4, -0.2) is 61.4 Å². The fourth-order valence-electron chi connectivity index (χ4n) is 8.86. The molecule has 62 heavy (non-hydrogen) atoms. The van der Waals surface area contributed by atoms with Gasteiger partial charge in [0.25, 0.3) is 0 Å². The zero-order valence-corrected chi connectivity index (χ0v) is 42.4. The first kappa shape index (κ1) is 60.6. The minimum Gasteiger partial charge on any atom is -0.465 e. The molecule has 0 aliphatic rings. The quantitative estimate of drug-likeness (QED) is 0.0373. The van der Waals surface area contributed by atoms with Gasteiger partial charge < -0.3 is 19.5 Å². The predicted molar refractivity (Wildman–Crippen MR) is 269 cm³/mol. The van der Waals surface area contributed by atoms with Crippen LogP contribution in [0.25, 0.3) is 0 Å². The van der Waals surface area contributed by atoms with Crippen LogP contribution < -0.4 is 0 Å². The zero-order valence-electron chi connectivity index (χ0n) is 42.4. The molecule has 0 heterocycles. The first-order chi connectivity index (χ1) is 30.5. The van der Waals surface area contributed by atoms with Crippen LogP contribution in [0.3, 0.4) is 0 Å². The molecule has 0 aliphatic heterocycles. The number of hydrogen-bond acceptors (Lipinski definition) is 6. The minimum atomic E-state index is 0.0550. The lowest BCUT2D eigenvalue weighted by molar-refractivity contribution is -0.150. The van der Waals surface area contributed by atoms with E-state index in [1.807, 2.05) is 0 Å². The van der Waals surface area contributed by atoms with Gasteiger partial charge in [-0.25, -0.2) is 0 Å². The normalized spacial score (nSPS) is 12.7. The Bertz CT molecular complexity index is 939. The van der Waals surface area contributed by atoms with Gasteiger partial charge in [-0.1, -0.05) is 213 Å². The molecule has 368 valence electrons. The maximum atomic E-state index is 13.2. The summed E-state index contributed by atoms with van der Waals surface area (Å²) in [5.74, 6) is 0.281. The Morgan fingerprint density at radius 1 is 0.403 bits per heavy atom. The number of aliphatic hydroxyl groups is 1. The van der Waals surface area contributed by atoms with Gasteiger partial charge in [0.05, 0.1) is 25.0 Å². The van der Waals surface area contributed by atoms with Crippen molar-refractivity contribution in [3.8, 4) is 0 Å². The number of esters is 2. The first-order valence-corrected chi connectivity index (χ1v) is 27.8. The summed E-state index contributed by atoms with van der Waals surface area (Å²) in [6.07, 6.45) is 52.0. The lowest BCUT2D eigenvalue weighted by Gasteiger charge is -2.22. The largest absolute Gasteiger partial charge is 0.465 e. The highest BCUT2D eigenvalue weighted by atomic mass is 16.5. The molecule has 2 unspecified atom stereocenters. The molecule has 0 saturated carbocycles. The molecule has 0 rings (SSSR count). The highest BCUT2D eigenvalue weighted by Gasteiger charge is 2.20. The van der Waals surface area contributed by atoms with Crippen molar-refractivity contribution in [3.05, 3.63) is 12.2 Å². The van der Waals surface area contributed by atoms with Crippen molar-refractivity contribution in [2.75, 3.05) is 39.5 Å². The SMILES string of the molecule is CC/C=C/CCCCCCC(CCCCCCCC)C(=O)OCCCCCCN(CCCCO)CCCCCCOC(=O)C(CCCCCCCC)CCCCCCCCCC. The summed E-state index contributed by atoms with van der Waals surface area (Å²) in [5, 5.41) is 9.39. The number of carbonyl (C=O) groups excluding carboxylic acids is 2. The van der Waals surface area contributed by atoms with E-state index in [0.717, 1.165) is 135 Å². The Morgan fingerprint density at radius 2 is 0.726 bits per heavy atom. The molecule has 0 amide bonds. The number of nitrogens with zero attached hydrogens (tertiary/aromatic N) is 1. The van der Waals surface area contributed by atoms with Crippen molar-refractivity contribution >= 4 is 11.9 Å². The zero-order chi connectivity index (χ0) is 45.2. The number of allylic oxidation sites excluding steroid dienone is 2. The average molecular weight is 876 g/mol. The van der Waals surface area contributed by atoms with Crippen LogP contribution in [0, 0.1) is 11.8 Å². The van der Waals surface area contributed by atoms with Crippen LogP contribution in [0.4, 0.5) is 0 Å². The maximum absolute atomic E-state index is 13.2. The highest BCUT2D eigenvalue weighted by molar-refractivity contribution is 5.72. The van der Waals surface area contributed by atoms with E-state index < -0.39 is 0 Å². The third-order valence-electron chi connectivity index (χ3n) is 13.1. The number of ether oxygens (including phenoxy) is 2. The van der Waals surface area contributed by atoms with Gasteiger partial charge in [-0.05, 0) is 103 Å². The van der Waals surface area contributed by atoms with Crippen molar-refractivity contribution in [2.45, 2.75) is 285 Å². The molecule has 0 saturated heterocycles. The van der Waals surface area contributed by atoms with Gasteiger partial charge in [0.1, 0.15) is 0 Å². The van der Waals surface area contributed by atoms with Gasteiger partial charge in [0.2, 0.25) is 0 Å². The van der Waals surface area contributed by atoms with E-state index in [9.17, 15) is 14.7 Å². The number of unbranched alkanes of at least 4 members (excludes halogenated alkanes) is 28. The molecule has 0 spiro atoms. The topological polar surface area (TPSA) is 76.1 Å². The Balaban J connectivity index is 4.49. The van der Waals surface area contributed by atoms with Crippen molar-refractivity contribution in [1.29, 1.82) is 0 Å². The van der Waals surface area contributed by atoms with Crippen LogP contribution >= 0.6 is 0 Å². The molecule has 0 radical (unpaired) electrons. The Kier molecular flexibility index (Phi) is 49.5. The van der Waals surface area contributed by atoms with Crippen LogP contribution in [0.2, 0.25) is 0 Å². The van der Waals surface area contributed by atoms with E-state index in [1.165, 1.54) is 141 Å². The maximum Gasteiger partial charge on any atom is 0.308 e. The molecule has 0 aromatic heterocycles. The Hall–Kier alpha value is -1.40. The van der Waals surface area contributed by atoms with Gasteiger partial charge >= 0.3 is 11.9 Å². The fraction of sp³-hybridized carbons (Fsp3) is 0.929. The summed E-state index contributed by atoms with van der Waals surface area (Å²) in [5.41, 5.74) is 0. The lowest BCUT2D eigenvalue weighted by Crippen LogP contribution is -2.27. The second kappa shape index (κ2) is 50.6. The first-order valence-electron chi connectivity index (χ1n) is 27.8. The standard InChI is InChI=1S/C56H109NO5/c1-5-9-13-17-21-23-27-35-45-53(43-33-25-19-15-11-7-3)55(59)61-51-41-31-29-37-47-57(49-39-40-50-58)48-38-30-32-42-52-62-56(60)54(44-34-26-20-16-12-8-4)46-36-28-24-22-18-14-10-6-2/h9,13,53-54,58H,5-8,10-12,14-52H2,1-4H3/b13-9+. The van der Waals surface area contributed by atoms with Crippen molar-refractivity contribution in [2.24, 2.45) is 11.8 Å². The summed E-state index contributed by atoms with van der Waals surface area (Å²) in [6, 6.07) is 0. The smallest absolute Gasteiger partial charge is 0.308 e. The number of carbonyl (C=O) groups is 2. The van der Waals surface area contributed by atoms with Crippen molar-refractivity contribution < 1.29 is 24.2 Å². The molecular formula is C56H109NO5. The van der Waals surface area contributed by atoms with Crippen LogP contribution in [0.5, 0.6) is 0 Å². The second-order valence-corrected chi connectivity index (χ2v) is 19.1.